The molecule has 7 heteroatoms. The summed E-state index contributed by atoms with van der Waals surface area (Å²) in [6, 6.07) is 33.2. The Hall–Kier alpha value is -5.43. The number of halogens is 3. The molecular weight excluding hydrogens is 631 g/mol. The molecular formula is C43H38F3N3O. The minimum atomic E-state index is -4.57. The van der Waals surface area contributed by atoms with E-state index in [2.05, 4.69) is 84.0 Å². The predicted molar refractivity (Wildman–Crippen MR) is 197 cm³/mol. The van der Waals surface area contributed by atoms with E-state index in [1.807, 2.05) is 41.0 Å². The molecule has 0 fully saturated rings. The molecule has 0 saturated heterocycles. The molecule has 0 aliphatic carbocycles. The van der Waals surface area contributed by atoms with Gasteiger partial charge in [-0.1, -0.05) is 90.1 Å². The fraction of sp³-hybridized carbons (Fsp3) is 0.209. The average molecular weight is 670 g/mol. The van der Waals surface area contributed by atoms with E-state index in [0.717, 1.165) is 51.5 Å². The Morgan fingerprint density at radius 1 is 0.580 bits per heavy atom. The third-order valence-corrected chi connectivity index (χ3v) is 9.29. The molecule has 0 aliphatic rings. The van der Waals surface area contributed by atoms with Gasteiger partial charge in [-0.2, -0.15) is 13.2 Å². The van der Waals surface area contributed by atoms with Crippen LogP contribution in [0.3, 0.4) is 0 Å². The van der Waals surface area contributed by atoms with E-state index in [9.17, 15) is 18.3 Å². The van der Waals surface area contributed by atoms with Crippen LogP contribution in [0.1, 0.15) is 58.2 Å². The van der Waals surface area contributed by atoms with Crippen molar-refractivity contribution in [3.05, 3.63) is 132 Å². The number of fused-ring (bicyclic) bond motifs is 2. The molecule has 0 radical (unpaired) electrons. The maximum atomic E-state index is 13.8. The quantitative estimate of drug-likeness (QED) is 0.203. The van der Waals surface area contributed by atoms with Crippen molar-refractivity contribution in [1.82, 2.24) is 14.5 Å². The number of phenolic OH excluding ortho intramolecular Hbond substituents is 1. The number of rotatable bonds is 4. The van der Waals surface area contributed by atoms with Gasteiger partial charge in [0.15, 0.2) is 0 Å². The number of phenols is 1. The second-order valence-corrected chi connectivity index (χ2v) is 14.9. The molecule has 7 rings (SSSR count). The van der Waals surface area contributed by atoms with Gasteiger partial charge in [0.05, 0.1) is 22.1 Å². The highest BCUT2D eigenvalue weighted by Crippen LogP contribution is 2.42. The van der Waals surface area contributed by atoms with E-state index in [0.29, 0.717) is 22.4 Å². The molecule has 252 valence electrons. The number of hydrogen-bond acceptors (Lipinski definition) is 3. The van der Waals surface area contributed by atoms with E-state index in [1.165, 1.54) is 11.1 Å². The maximum absolute atomic E-state index is 13.8. The van der Waals surface area contributed by atoms with Gasteiger partial charge in [0, 0.05) is 39.5 Å². The third kappa shape index (κ3) is 6.02. The van der Waals surface area contributed by atoms with E-state index in [4.69, 9.17) is 9.97 Å². The molecule has 0 unspecified atom stereocenters. The summed E-state index contributed by atoms with van der Waals surface area (Å²) in [5, 5.41) is 11.9. The summed E-state index contributed by atoms with van der Waals surface area (Å²) in [7, 11) is 0. The topological polar surface area (TPSA) is 50.9 Å². The van der Waals surface area contributed by atoms with Crippen LogP contribution >= 0.6 is 0 Å². The van der Waals surface area contributed by atoms with Crippen molar-refractivity contribution in [3.8, 4) is 45.1 Å². The lowest BCUT2D eigenvalue weighted by atomic mass is 9.84. The molecule has 0 saturated carbocycles. The summed E-state index contributed by atoms with van der Waals surface area (Å²) < 4.78 is 43.5. The first-order chi connectivity index (χ1) is 23.6. The summed E-state index contributed by atoms with van der Waals surface area (Å²) >= 11 is 0. The average Bonchev–Trinajstić information content (AvgIpc) is 3.47. The fourth-order valence-electron chi connectivity index (χ4n) is 6.48. The van der Waals surface area contributed by atoms with Crippen LogP contribution in [0, 0.1) is 0 Å². The van der Waals surface area contributed by atoms with Gasteiger partial charge in [-0.05, 0) is 88.2 Å². The Kier molecular flexibility index (Phi) is 7.85. The van der Waals surface area contributed by atoms with Crippen LogP contribution in [0.2, 0.25) is 0 Å². The Morgan fingerprint density at radius 2 is 1.24 bits per heavy atom. The second kappa shape index (κ2) is 11.9. The monoisotopic (exact) mass is 669 g/mol. The van der Waals surface area contributed by atoms with Crippen molar-refractivity contribution in [3.63, 3.8) is 0 Å². The first-order valence-corrected chi connectivity index (χ1v) is 16.6. The van der Waals surface area contributed by atoms with Crippen molar-refractivity contribution in [2.75, 3.05) is 0 Å². The summed E-state index contributed by atoms with van der Waals surface area (Å²) in [5.41, 5.74) is 7.56. The van der Waals surface area contributed by atoms with Gasteiger partial charge >= 0.3 is 6.18 Å². The van der Waals surface area contributed by atoms with Crippen molar-refractivity contribution < 1.29 is 18.3 Å². The van der Waals surface area contributed by atoms with E-state index in [1.54, 1.807) is 18.3 Å². The second-order valence-electron chi connectivity index (χ2n) is 14.9. The minimum Gasteiger partial charge on any atom is -0.507 e. The molecule has 7 aromatic rings. The van der Waals surface area contributed by atoms with Gasteiger partial charge < -0.3 is 5.11 Å². The molecule has 0 spiro atoms. The highest BCUT2D eigenvalue weighted by molar-refractivity contribution is 5.98. The first-order valence-electron chi connectivity index (χ1n) is 16.6. The fourth-order valence-corrected chi connectivity index (χ4v) is 6.48. The van der Waals surface area contributed by atoms with Gasteiger partial charge in [-0.25, -0.2) is 4.98 Å². The molecule has 0 bridgehead atoms. The maximum Gasteiger partial charge on any atom is 0.416 e. The molecule has 0 amide bonds. The van der Waals surface area contributed by atoms with Gasteiger partial charge in [0.25, 0.3) is 0 Å². The molecule has 1 N–H and O–H groups in total. The molecule has 0 atom stereocenters. The van der Waals surface area contributed by atoms with E-state index >= 15 is 0 Å². The zero-order valence-electron chi connectivity index (χ0n) is 28.9. The number of alkyl halides is 3. The molecule has 5 aromatic carbocycles. The highest BCUT2D eigenvalue weighted by atomic mass is 19.4. The molecule has 50 heavy (non-hydrogen) atoms. The van der Waals surface area contributed by atoms with Crippen LogP contribution in [0.5, 0.6) is 5.75 Å². The number of nitrogens with zero attached hydrogens (tertiary/aromatic N) is 3. The van der Waals surface area contributed by atoms with Crippen molar-refractivity contribution in [2.24, 2.45) is 0 Å². The van der Waals surface area contributed by atoms with Crippen LogP contribution in [-0.4, -0.2) is 19.6 Å². The van der Waals surface area contributed by atoms with Crippen LogP contribution in [-0.2, 0) is 17.0 Å². The predicted octanol–water partition coefficient (Wildman–Crippen LogP) is 11.9. The SMILES string of the molecule is CC(C)(C)c1ccc(-n2c(-c3cccc(-c4cc(C(C)(C)C)cc5cccnc45)c3)nc3c(-c4cc(C(F)(F)F)ccc4O)cccc32)cc1. The zero-order chi connectivity index (χ0) is 35.6. The lowest BCUT2D eigenvalue weighted by Gasteiger charge is -2.21. The lowest BCUT2D eigenvalue weighted by molar-refractivity contribution is -0.137. The summed E-state index contributed by atoms with van der Waals surface area (Å²) in [4.78, 5) is 9.91. The van der Waals surface area contributed by atoms with Crippen LogP contribution in [0.4, 0.5) is 13.2 Å². The largest absolute Gasteiger partial charge is 0.507 e. The van der Waals surface area contributed by atoms with Gasteiger partial charge in [-0.3, -0.25) is 9.55 Å². The first kappa shape index (κ1) is 33.1. The third-order valence-electron chi connectivity index (χ3n) is 9.29. The Morgan fingerprint density at radius 3 is 1.94 bits per heavy atom. The zero-order valence-corrected chi connectivity index (χ0v) is 28.9. The Labute approximate surface area is 289 Å². The van der Waals surface area contributed by atoms with Gasteiger partial charge in [-0.15, -0.1) is 0 Å². The number of aromatic nitrogens is 3. The number of aromatic hydroxyl groups is 1. The summed E-state index contributed by atoms with van der Waals surface area (Å²) in [6.45, 7) is 13.1. The van der Waals surface area contributed by atoms with Gasteiger partial charge in [0.1, 0.15) is 11.6 Å². The van der Waals surface area contributed by atoms with Crippen LogP contribution in [0.25, 0.3) is 61.3 Å². The van der Waals surface area contributed by atoms with Crippen molar-refractivity contribution in [1.29, 1.82) is 0 Å². The summed E-state index contributed by atoms with van der Waals surface area (Å²) in [6.07, 6.45) is -2.77. The summed E-state index contributed by atoms with van der Waals surface area (Å²) in [5.74, 6) is 0.366. The normalized spacial score (nSPS) is 12.6. The lowest BCUT2D eigenvalue weighted by Crippen LogP contribution is -2.11. The Balaban J connectivity index is 1.49. The van der Waals surface area contributed by atoms with Crippen molar-refractivity contribution in [2.45, 2.75) is 58.5 Å². The molecule has 0 aliphatic heterocycles. The number of para-hydroxylation sites is 1. The number of benzene rings is 5. The standard InChI is InChI=1S/C43H38F3N3O/c1-41(2,3)29-15-18-32(19-16-29)49-36-14-8-13-33(35-24-30(43(44,45)46)17-20-37(35)50)39(36)48-40(49)28-11-7-10-26(22-28)34-25-31(42(4,5)6)23-27-12-9-21-47-38(27)34/h7-25,50H,1-6H3. The number of pyridine rings is 1. The molecule has 2 heterocycles. The van der Waals surface area contributed by atoms with Crippen molar-refractivity contribution >= 4 is 21.9 Å². The smallest absolute Gasteiger partial charge is 0.416 e. The van der Waals surface area contributed by atoms with E-state index in [-0.39, 0.29) is 22.1 Å². The van der Waals surface area contributed by atoms with Crippen LogP contribution in [0.15, 0.2) is 115 Å². The minimum absolute atomic E-state index is 0.0563. The Bertz CT molecular complexity index is 2390. The van der Waals surface area contributed by atoms with Crippen LogP contribution < -0.4 is 0 Å². The molecule has 4 nitrogen and oxygen atoms in total. The number of hydrogen-bond donors (Lipinski definition) is 1. The highest BCUT2D eigenvalue weighted by Gasteiger charge is 2.32. The van der Waals surface area contributed by atoms with E-state index < -0.39 is 11.7 Å². The number of imidazole rings is 1. The van der Waals surface area contributed by atoms with Gasteiger partial charge in [0.2, 0.25) is 0 Å². The molecule has 2 aromatic heterocycles.